The summed E-state index contributed by atoms with van der Waals surface area (Å²) in [5.41, 5.74) is 4.48. The number of aliphatic hydroxyl groups excluding tert-OH is 1. The Balaban J connectivity index is 1.35. The van der Waals surface area contributed by atoms with E-state index >= 15 is 0 Å². The number of hydrogen-bond donors (Lipinski definition) is 1. The van der Waals surface area contributed by atoms with Crippen molar-refractivity contribution in [3.8, 4) is 0 Å². The summed E-state index contributed by atoms with van der Waals surface area (Å²) in [5, 5.41) is 19.4. The Kier molecular flexibility index (Phi) is 5.50. The second-order valence-electron chi connectivity index (χ2n) is 7.53. The van der Waals surface area contributed by atoms with Gasteiger partial charge in [0.15, 0.2) is 0 Å². The smallest absolute Gasteiger partial charge is 0.276 e. The highest BCUT2D eigenvalue weighted by Gasteiger charge is 2.21. The fourth-order valence-electron chi connectivity index (χ4n) is 3.70. The summed E-state index contributed by atoms with van der Waals surface area (Å²) in [6.07, 6.45) is 7.35. The zero-order chi connectivity index (χ0) is 18.8. The quantitative estimate of drug-likeness (QED) is 0.639. The second-order valence-corrected chi connectivity index (χ2v) is 8.50. The van der Waals surface area contributed by atoms with E-state index in [2.05, 4.69) is 41.2 Å². The van der Waals surface area contributed by atoms with Gasteiger partial charge in [-0.15, -0.1) is 10.2 Å². The highest BCUT2D eigenvalue weighted by Crippen LogP contribution is 2.33. The molecule has 0 aliphatic heterocycles. The van der Waals surface area contributed by atoms with E-state index < -0.39 is 6.10 Å². The average molecular weight is 387 g/mol. The third kappa shape index (κ3) is 4.19. The Bertz CT molecular complexity index is 914. The van der Waals surface area contributed by atoms with E-state index in [4.69, 9.17) is 4.42 Å². The molecular formula is C20H26N4O2S. The molecule has 1 atom stereocenters. The summed E-state index contributed by atoms with van der Waals surface area (Å²) in [6, 6.07) is 4.22. The molecular weight excluding hydrogens is 360 g/mol. The van der Waals surface area contributed by atoms with Gasteiger partial charge in [-0.3, -0.25) is 0 Å². The van der Waals surface area contributed by atoms with Crippen molar-refractivity contribution in [2.45, 2.75) is 69.7 Å². The summed E-state index contributed by atoms with van der Waals surface area (Å²) in [6.45, 7) is 4.68. The first-order chi connectivity index (χ1) is 13.1. The van der Waals surface area contributed by atoms with E-state index in [0.29, 0.717) is 23.4 Å². The van der Waals surface area contributed by atoms with Crippen molar-refractivity contribution in [3.05, 3.63) is 35.5 Å². The van der Waals surface area contributed by atoms with Gasteiger partial charge in [-0.05, 0) is 49.9 Å². The van der Waals surface area contributed by atoms with Crippen LogP contribution in [0.25, 0.3) is 11.0 Å². The molecule has 2 aromatic heterocycles. The topological polar surface area (TPSA) is 77.0 Å². The van der Waals surface area contributed by atoms with Crippen LogP contribution in [0.2, 0.25) is 0 Å². The number of aryl methyl sites for hydroxylation is 2. The molecule has 1 aliphatic carbocycles. The minimum Gasteiger partial charge on any atom is -0.416 e. The molecule has 2 heterocycles. The van der Waals surface area contributed by atoms with Gasteiger partial charge in [-0.1, -0.05) is 31.0 Å². The van der Waals surface area contributed by atoms with Crippen molar-refractivity contribution in [1.29, 1.82) is 0 Å². The largest absolute Gasteiger partial charge is 0.416 e. The van der Waals surface area contributed by atoms with Crippen LogP contribution < -0.4 is 0 Å². The molecule has 1 aliphatic rings. The van der Waals surface area contributed by atoms with Gasteiger partial charge in [0.25, 0.3) is 5.22 Å². The van der Waals surface area contributed by atoms with Crippen LogP contribution in [0, 0.1) is 13.8 Å². The van der Waals surface area contributed by atoms with Crippen molar-refractivity contribution in [1.82, 2.24) is 19.7 Å². The summed E-state index contributed by atoms with van der Waals surface area (Å²) in [4.78, 5) is 4.45. The van der Waals surface area contributed by atoms with Crippen LogP contribution in [0.1, 0.15) is 55.0 Å². The fraction of sp³-hybridized carbons (Fsp3) is 0.550. The Morgan fingerprint density at radius 3 is 2.78 bits per heavy atom. The minimum absolute atomic E-state index is 0.412. The van der Waals surface area contributed by atoms with E-state index in [0.717, 1.165) is 29.8 Å². The zero-order valence-electron chi connectivity index (χ0n) is 15.9. The number of imidazole rings is 1. The van der Waals surface area contributed by atoms with Crippen LogP contribution in [0.5, 0.6) is 0 Å². The van der Waals surface area contributed by atoms with E-state index in [1.165, 1.54) is 42.2 Å². The third-order valence-corrected chi connectivity index (χ3v) is 6.38. The molecule has 0 spiro atoms. The van der Waals surface area contributed by atoms with Crippen LogP contribution >= 0.6 is 11.8 Å². The second kappa shape index (κ2) is 8.02. The van der Waals surface area contributed by atoms with E-state index in [9.17, 15) is 5.11 Å². The zero-order valence-corrected chi connectivity index (χ0v) is 16.7. The van der Waals surface area contributed by atoms with E-state index in [1.54, 1.807) is 6.33 Å². The molecule has 27 heavy (non-hydrogen) atoms. The Morgan fingerprint density at radius 1 is 1.19 bits per heavy atom. The van der Waals surface area contributed by atoms with Gasteiger partial charge in [0.05, 0.1) is 30.0 Å². The number of aliphatic hydroxyl groups is 1. The van der Waals surface area contributed by atoms with Gasteiger partial charge in [-0.25, -0.2) is 4.98 Å². The average Bonchev–Trinajstić information content (AvgIpc) is 3.29. The molecule has 0 saturated heterocycles. The maximum absolute atomic E-state index is 10.5. The predicted octanol–water partition coefficient (Wildman–Crippen LogP) is 4.24. The molecule has 0 bridgehead atoms. The first-order valence-corrected chi connectivity index (χ1v) is 10.6. The van der Waals surface area contributed by atoms with Crippen LogP contribution in [-0.2, 0) is 6.54 Å². The highest BCUT2D eigenvalue weighted by molar-refractivity contribution is 7.99. The first-order valence-electron chi connectivity index (χ1n) is 9.66. The lowest BCUT2D eigenvalue weighted by Crippen LogP contribution is -2.18. The van der Waals surface area contributed by atoms with Crippen molar-refractivity contribution in [2.24, 2.45) is 0 Å². The van der Waals surface area contributed by atoms with Crippen LogP contribution in [0.3, 0.4) is 0 Å². The third-order valence-electron chi connectivity index (χ3n) is 5.42. The molecule has 1 saturated carbocycles. The monoisotopic (exact) mass is 386 g/mol. The Hall–Kier alpha value is -1.86. The number of fused-ring (bicyclic) bond motifs is 1. The molecule has 0 radical (unpaired) electrons. The van der Waals surface area contributed by atoms with Gasteiger partial charge in [-0.2, -0.15) is 0 Å². The number of hydrogen-bond acceptors (Lipinski definition) is 6. The summed E-state index contributed by atoms with van der Waals surface area (Å²) >= 11 is 1.42. The minimum atomic E-state index is -0.515. The number of benzene rings is 1. The number of rotatable bonds is 6. The van der Waals surface area contributed by atoms with Gasteiger partial charge in [0, 0.05) is 11.7 Å². The summed E-state index contributed by atoms with van der Waals surface area (Å²) in [7, 11) is 0. The number of aromatic nitrogens is 4. The van der Waals surface area contributed by atoms with Crippen molar-refractivity contribution < 1.29 is 9.52 Å². The van der Waals surface area contributed by atoms with Gasteiger partial charge >= 0.3 is 0 Å². The van der Waals surface area contributed by atoms with Gasteiger partial charge < -0.3 is 14.1 Å². The summed E-state index contributed by atoms with van der Waals surface area (Å²) < 4.78 is 7.83. The molecule has 4 rings (SSSR count). The predicted molar refractivity (Wildman–Crippen MR) is 106 cm³/mol. The molecule has 3 aromatic rings. The number of nitrogens with zero attached hydrogens (tertiary/aromatic N) is 4. The summed E-state index contributed by atoms with van der Waals surface area (Å²) in [5.74, 6) is 1.68. The van der Waals surface area contributed by atoms with Gasteiger partial charge in [0.1, 0.15) is 0 Å². The molecule has 0 unspecified atom stereocenters. The van der Waals surface area contributed by atoms with E-state index in [-0.39, 0.29) is 0 Å². The van der Waals surface area contributed by atoms with Gasteiger partial charge in [0.2, 0.25) is 5.89 Å². The SMILES string of the molecule is Cc1cc2ncn(C[C@@H](O)CSc3nnc(C4CCCCC4)o3)c2cc1C. The Morgan fingerprint density at radius 2 is 1.96 bits per heavy atom. The molecule has 1 aromatic carbocycles. The normalized spacial score (nSPS) is 16.9. The lowest BCUT2D eigenvalue weighted by molar-refractivity contribution is 0.179. The molecule has 144 valence electrons. The Labute approximate surface area is 163 Å². The van der Waals surface area contributed by atoms with Crippen LogP contribution in [0.4, 0.5) is 0 Å². The van der Waals surface area contributed by atoms with Crippen molar-refractivity contribution in [2.75, 3.05) is 5.75 Å². The number of thioether (sulfide) groups is 1. The fourth-order valence-corrected chi connectivity index (χ4v) is 4.38. The maximum Gasteiger partial charge on any atom is 0.276 e. The van der Waals surface area contributed by atoms with Crippen molar-refractivity contribution in [3.63, 3.8) is 0 Å². The van der Waals surface area contributed by atoms with Crippen LogP contribution in [0.15, 0.2) is 28.1 Å². The lowest BCUT2D eigenvalue weighted by atomic mass is 9.89. The molecule has 0 amide bonds. The lowest BCUT2D eigenvalue weighted by Gasteiger charge is -2.17. The standard InChI is InChI=1S/C20H26N4O2S/c1-13-8-17-18(9-14(13)2)24(12-21-17)10-16(25)11-27-20-23-22-19(26-20)15-6-4-3-5-7-15/h8-9,12,15-16,25H,3-7,10-11H2,1-2H3/t16-/m1/s1. The molecule has 7 heteroatoms. The molecule has 1 fully saturated rings. The van der Waals surface area contributed by atoms with E-state index in [1.807, 2.05) is 4.57 Å². The molecule has 6 nitrogen and oxygen atoms in total. The van der Waals surface area contributed by atoms with Crippen LogP contribution in [-0.4, -0.2) is 36.7 Å². The first kappa shape index (κ1) is 18.5. The maximum atomic E-state index is 10.5. The molecule has 1 N–H and O–H groups in total. The highest BCUT2D eigenvalue weighted by atomic mass is 32.2. The van der Waals surface area contributed by atoms with Crippen molar-refractivity contribution >= 4 is 22.8 Å².